The predicted molar refractivity (Wildman–Crippen MR) is 181 cm³/mol. The molecule has 0 aliphatic heterocycles. The minimum atomic E-state index is 0.262. The number of hydrogen-bond donors (Lipinski definition) is 0. The van der Waals surface area contributed by atoms with Crippen molar-refractivity contribution in [1.82, 2.24) is 0 Å². The van der Waals surface area contributed by atoms with E-state index in [0.717, 1.165) is 0 Å². The van der Waals surface area contributed by atoms with Gasteiger partial charge in [-0.1, -0.05) is 6.07 Å². The van der Waals surface area contributed by atoms with Crippen LogP contribution in [0.15, 0.2) is 140 Å². The van der Waals surface area contributed by atoms with Crippen LogP contribution < -0.4 is 4.90 Å². The Bertz CT molecular complexity index is 2430. The molecule has 192 valence electrons. The van der Waals surface area contributed by atoms with Crippen molar-refractivity contribution in [2.24, 2.45) is 0 Å². The Morgan fingerprint density at radius 3 is 1.98 bits per heavy atom. The minimum absolute atomic E-state index is 0.262. The van der Waals surface area contributed by atoms with Crippen LogP contribution in [0.5, 0.6) is 0 Å². The van der Waals surface area contributed by atoms with Gasteiger partial charge in [-0.3, -0.25) is 0 Å². The molecule has 0 bridgehead atoms. The molecule has 0 aliphatic carbocycles. The molecule has 3 heteroatoms. The molecule has 9 aromatic rings. The molecule has 7 aromatic carbocycles. The Balaban J connectivity index is 1.26. The van der Waals surface area contributed by atoms with Crippen LogP contribution >= 0.6 is 11.3 Å². The summed E-state index contributed by atoms with van der Waals surface area (Å²) in [4.78, 5) is 2.42. The molecule has 0 unspecified atom stereocenters. The van der Waals surface area contributed by atoms with Crippen LogP contribution in [0.25, 0.3) is 61.0 Å². The summed E-state index contributed by atoms with van der Waals surface area (Å²) in [5, 5.41) is 10.7. The average Bonchev–Trinajstić information content (AvgIpc) is 3.58. The molecule has 0 amide bonds. The number of para-hydroxylation sites is 1. The van der Waals surface area contributed by atoms with Crippen molar-refractivity contribution in [3.05, 3.63) is 140 Å². The summed E-state index contributed by atoms with van der Waals surface area (Å²) in [5.74, 6) is 0. The summed E-state index contributed by atoms with van der Waals surface area (Å²) < 4.78 is 5.63. The van der Waals surface area contributed by atoms with Gasteiger partial charge >= 0.3 is 242 Å². The third-order valence-electron chi connectivity index (χ3n) is 8.20. The van der Waals surface area contributed by atoms with E-state index >= 15 is 0 Å². The summed E-state index contributed by atoms with van der Waals surface area (Å²) >= 11 is 2.15. The zero-order valence-corrected chi connectivity index (χ0v) is 24.6. The second-order valence-corrected chi connectivity index (χ2v) is 13.9. The van der Waals surface area contributed by atoms with Gasteiger partial charge in [0.1, 0.15) is 0 Å². The second kappa shape index (κ2) is 9.06. The summed E-state index contributed by atoms with van der Waals surface area (Å²) in [6.07, 6.45) is 0. The second-order valence-electron chi connectivity index (χ2n) is 10.6. The van der Waals surface area contributed by atoms with Crippen molar-refractivity contribution >= 4 is 104 Å². The Hall–Kier alpha value is -4.40. The standard InChI is InChI=1S/C38H23NSSe/c1-2-11-27(12-3-1)39(28-16-19-35-34(22-28)33-20-25-9-4-5-10-26(25)21-36(33)40-35)29-15-18-31-32-17-14-24-8-6-7-13-30(24)38(32)41-37(31)23-29/h1-23H. The first-order valence-corrected chi connectivity index (χ1v) is 16.4. The molecule has 0 N–H and O–H groups in total. The molecule has 0 fully saturated rings. The van der Waals surface area contributed by atoms with Crippen LogP contribution in [-0.2, 0) is 0 Å². The quantitative estimate of drug-likeness (QED) is 0.181. The van der Waals surface area contributed by atoms with Crippen molar-refractivity contribution in [2.75, 3.05) is 4.90 Å². The molecule has 0 radical (unpaired) electrons. The first kappa shape index (κ1) is 23.3. The van der Waals surface area contributed by atoms with E-state index in [0.29, 0.717) is 0 Å². The molecule has 2 heterocycles. The fourth-order valence-electron chi connectivity index (χ4n) is 6.25. The molecule has 41 heavy (non-hydrogen) atoms. The van der Waals surface area contributed by atoms with Crippen LogP contribution in [0.4, 0.5) is 17.1 Å². The van der Waals surface area contributed by atoms with Gasteiger partial charge in [0, 0.05) is 0 Å². The number of anilines is 3. The maximum atomic E-state index is 2.43. The number of thiophene rings is 1. The molecular formula is C38H23NSSe. The number of rotatable bonds is 3. The Morgan fingerprint density at radius 1 is 0.415 bits per heavy atom. The van der Waals surface area contributed by atoms with Crippen molar-refractivity contribution < 1.29 is 0 Å². The number of fused-ring (bicyclic) bond motifs is 9. The van der Waals surface area contributed by atoms with Gasteiger partial charge in [-0.05, 0) is 0 Å². The van der Waals surface area contributed by atoms with E-state index in [1.165, 1.54) is 78.1 Å². The predicted octanol–water partition coefficient (Wildman–Crippen LogP) is 11.2. The molecule has 1 nitrogen and oxygen atoms in total. The number of benzene rings is 7. The van der Waals surface area contributed by atoms with E-state index in [-0.39, 0.29) is 14.5 Å². The molecule has 0 spiro atoms. The molecule has 0 saturated carbocycles. The van der Waals surface area contributed by atoms with Gasteiger partial charge in [0.15, 0.2) is 0 Å². The number of nitrogens with zero attached hydrogens (tertiary/aromatic N) is 1. The number of hydrogen-bond acceptors (Lipinski definition) is 2. The van der Waals surface area contributed by atoms with Gasteiger partial charge in [-0.15, -0.1) is 0 Å². The summed E-state index contributed by atoms with van der Waals surface area (Å²) in [5.41, 5.74) is 3.56. The Labute approximate surface area is 247 Å². The van der Waals surface area contributed by atoms with Crippen molar-refractivity contribution in [2.45, 2.75) is 0 Å². The fourth-order valence-corrected chi connectivity index (χ4v) is 10.0. The molecule has 0 aliphatic rings. The van der Waals surface area contributed by atoms with E-state index in [1.54, 1.807) is 0 Å². The SMILES string of the molecule is c1ccc(N(c2ccc3c(c2)[se]c2c4ccccc4ccc32)c2ccc3sc4cc5ccccc5cc4c3c2)cc1. The van der Waals surface area contributed by atoms with Crippen molar-refractivity contribution in [1.29, 1.82) is 0 Å². The normalized spacial score (nSPS) is 11.9. The Kier molecular flexibility index (Phi) is 5.15. The van der Waals surface area contributed by atoms with Crippen LogP contribution in [-0.4, -0.2) is 14.5 Å². The third-order valence-corrected chi connectivity index (χ3v) is 11.9. The zero-order chi connectivity index (χ0) is 26.9. The first-order chi connectivity index (χ1) is 20.3. The van der Waals surface area contributed by atoms with E-state index < -0.39 is 0 Å². The van der Waals surface area contributed by atoms with Gasteiger partial charge in [0.05, 0.1) is 0 Å². The van der Waals surface area contributed by atoms with Gasteiger partial charge in [-0.2, -0.15) is 0 Å². The molecule has 2 aromatic heterocycles. The topological polar surface area (TPSA) is 3.24 Å². The van der Waals surface area contributed by atoms with Crippen LogP contribution in [0, 0.1) is 0 Å². The van der Waals surface area contributed by atoms with Crippen LogP contribution in [0.2, 0.25) is 0 Å². The van der Waals surface area contributed by atoms with E-state index in [1.807, 2.05) is 11.3 Å². The summed E-state index contributed by atoms with van der Waals surface area (Å²) in [6, 6.07) is 51.6. The van der Waals surface area contributed by atoms with Gasteiger partial charge < -0.3 is 0 Å². The molecule has 9 rings (SSSR count). The van der Waals surface area contributed by atoms with E-state index in [2.05, 4.69) is 144 Å². The van der Waals surface area contributed by atoms with Crippen molar-refractivity contribution in [3.8, 4) is 0 Å². The maximum absolute atomic E-state index is 2.43. The first-order valence-electron chi connectivity index (χ1n) is 13.8. The fraction of sp³-hybridized carbons (Fsp3) is 0. The zero-order valence-electron chi connectivity index (χ0n) is 22.0. The molecule has 0 saturated heterocycles. The van der Waals surface area contributed by atoms with Crippen molar-refractivity contribution in [3.63, 3.8) is 0 Å². The van der Waals surface area contributed by atoms with E-state index in [4.69, 9.17) is 0 Å². The van der Waals surface area contributed by atoms with Gasteiger partial charge in [-0.25, -0.2) is 0 Å². The monoisotopic (exact) mass is 605 g/mol. The average molecular weight is 605 g/mol. The van der Waals surface area contributed by atoms with Crippen LogP contribution in [0.1, 0.15) is 0 Å². The van der Waals surface area contributed by atoms with Gasteiger partial charge in [0.25, 0.3) is 0 Å². The van der Waals surface area contributed by atoms with Gasteiger partial charge in [0.2, 0.25) is 0 Å². The van der Waals surface area contributed by atoms with E-state index in [9.17, 15) is 0 Å². The molecular weight excluding hydrogens is 581 g/mol. The Morgan fingerprint density at radius 2 is 1.10 bits per heavy atom. The molecule has 0 atom stereocenters. The summed E-state index contributed by atoms with van der Waals surface area (Å²) in [7, 11) is 0. The third kappa shape index (κ3) is 3.67. The van der Waals surface area contributed by atoms with Crippen LogP contribution in [0.3, 0.4) is 0 Å². The summed E-state index contributed by atoms with van der Waals surface area (Å²) in [6.45, 7) is 0.